The van der Waals surface area contributed by atoms with Crippen molar-refractivity contribution in [3.05, 3.63) is 71.4 Å². The second-order valence-electron chi connectivity index (χ2n) is 6.44. The first-order valence-corrected chi connectivity index (χ1v) is 9.79. The molecule has 4 rings (SSSR count). The fraction of sp³-hybridized carbons (Fsp3) is 0.300. The van der Waals surface area contributed by atoms with Gasteiger partial charge in [0.2, 0.25) is 0 Å². The van der Waals surface area contributed by atoms with Crippen LogP contribution in [0.5, 0.6) is 0 Å². The van der Waals surface area contributed by atoms with Crippen LogP contribution in [0.3, 0.4) is 0 Å². The molecule has 2 aromatic heterocycles. The first-order valence-electron chi connectivity index (χ1n) is 8.74. The molecule has 0 N–H and O–H groups in total. The van der Waals surface area contributed by atoms with Crippen LogP contribution in [0, 0.1) is 12.7 Å². The first-order chi connectivity index (χ1) is 12.6. The van der Waals surface area contributed by atoms with Gasteiger partial charge in [0.25, 0.3) is 5.91 Å². The summed E-state index contributed by atoms with van der Waals surface area (Å²) in [6.07, 6.45) is 2.62. The largest absolute Gasteiger partial charge is 0.336 e. The van der Waals surface area contributed by atoms with Crippen LogP contribution < -0.4 is 0 Å². The topological polar surface area (TPSA) is 37.6 Å². The highest BCUT2D eigenvalue weighted by Gasteiger charge is 2.27. The molecular weight excluding hydrogens is 349 g/mol. The molecule has 0 bridgehead atoms. The average molecular weight is 369 g/mol. The predicted molar refractivity (Wildman–Crippen MR) is 102 cm³/mol. The molecule has 1 atom stereocenters. The number of rotatable bonds is 2. The van der Waals surface area contributed by atoms with E-state index in [0.29, 0.717) is 18.8 Å². The molecule has 1 aliphatic rings. The summed E-state index contributed by atoms with van der Waals surface area (Å²) in [6, 6.07) is 12.6. The third-order valence-electron chi connectivity index (χ3n) is 4.79. The number of hydrogen-bond acceptors (Lipinski definition) is 3. The molecule has 134 valence electrons. The van der Waals surface area contributed by atoms with Gasteiger partial charge in [0, 0.05) is 35.9 Å². The summed E-state index contributed by atoms with van der Waals surface area (Å²) in [4.78, 5) is 19.5. The minimum absolute atomic E-state index is 0.00372. The Labute approximate surface area is 156 Å². The Bertz CT molecular complexity index is 955. The lowest BCUT2D eigenvalue weighted by Gasteiger charge is -2.20. The quantitative estimate of drug-likeness (QED) is 0.682. The molecule has 1 fully saturated rings. The molecule has 0 spiro atoms. The molecule has 6 heteroatoms. The zero-order chi connectivity index (χ0) is 18.1. The van der Waals surface area contributed by atoms with Gasteiger partial charge in [-0.25, -0.2) is 9.37 Å². The molecule has 0 radical (unpaired) electrons. The third kappa shape index (κ3) is 3.09. The van der Waals surface area contributed by atoms with Gasteiger partial charge in [-0.3, -0.25) is 9.20 Å². The zero-order valence-corrected chi connectivity index (χ0v) is 15.4. The molecular formula is C20H20FN3OS. The fourth-order valence-electron chi connectivity index (χ4n) is 3.48. The summed E-state index contributed by atoms with van der Waals surface area (Å²) in [7, 11) is 0. The van der Waals surface area contributed by atoms with Gasteiger partial charge in [0.15, 0.2) is 0 Å². The van der Waals surface area contributed by atoms with Crippen molar-refractivity contribution in [3.63, 3.8) is 0 Å². The summed E-state index contributed by atoms with van der Waals surface area (Å²) < 4.78 is 16.0. The number of imidazole rings is 1. The molecule has 0 aliphatic carbocycles. The number of carbonyl (C=O) groups is 1. The SMILES string of the molecule is Cc1nc2ccccn2c1C(=O)N1CCSC(c2ccccc2F)CC1. The van der Waals surface area contributed by atoms with Crippen LogP contribution in [0.4, 0.5) is 4.39 Å². The molecule has 1 amide bonds. The maximum Gasteiger partial charge on any atom is 0.272 e. The molecule has 26 heavy (non-hydrogen) atoms. The van der Waals surface area contributed by atoms with Gasteiger partial charge in [-0.15, -0.1) is 0 Å². The lowest BCUT2D eigenvalue weighted by Crippen LogP contribution is -2.34. The zero-order valence-electron chi connectivity index (χ0n) is 14.6. The molecule has 4 nitrogen and oxygen atoms in total. The van der Waals surface area contributed by atoms with Gasteiger partial charge < -0.3 is 4.90 Å². The molecule has 0 saturated carbocycles. The van der Waals surface area contributed by atoms with E-state index in [2.05, 4.69) is 4.98 Å². The van der Waals surface area contributed by atoms with Crippen LogP contribution in [0.25, 0.3) is 5.65 Å². The monoisotopic (exact) mass is 369 g/mol. The number of hydrogen-bond donors (Lipinski definition) is 0. The van der Waals surface area contributed by atoms with E-state index in [4.69, 9.17) is 0 Å². The first kappa shape index (κ1) is 17.1. The molecule has 1 unspecified atom stereocenters. The number of pyridine rings is 1. The van der Waals surface area contributed by atoms with Crippen LogP contribution in [-0.2, 0) is 0 Å². The van der Waals surface area contributed by atoms with Gasteiger partial charge in [-0.2, -0.15) is 11.8 Å². The van der Waals surface area contributed by atoms with Crippen molar-refractivity contribution >= 4 is 23.3 Å². The molecule has 1 aromatic carbocycles. The Morgan fingerprint density at radius 3 is 2.85 bits per heavy atom. The minimum Gasteiger partial charge on any atom is -0.336 e. The Morgan fingerprint density at radius 2 is 2.00 bits per heavy atom. The second kappa shape index (κ2) is 7.11. The van der Waals surface area contributed by atoms with E-state index < -0.39 is 0 Å². The van der Waals surface area contributed by atoms with E-state index in [1.54, 1.807) is 17.8 Å². The van der Waals surface area contributed by atoms with E-state index in [1.165, 1.54) is 6.07 Å². The number of aromatic nitrogens is 2. The van der Waals surface area contributed by atoms with Crippen molar-refractivity contribution in [1.29, 1.82) is 0 Å². The number of aryl methyl sites for hydroxylation is 1. The van der Waals surface area contributed by atoms with Crippen molar-refractivity contribution in [2.45, 2.75) is 18.6 Å². The van der Waals surface area contributed by atoms with Gasteiger partial charge in [-0.05, 0) is 31.5 Å². The number of thioether (sulfide) groups is 1. The van der Waals surface area contributed by atoms with Crippen molar-refractivity contribution < 1.29 is 9.18 Å². The third-order valence-corrected chi connectivity index (χ3v) is 6.10. The van der Waals surface area contributed by atoms with Crippen LogP contribution in [0.1, 0.15) is 33.4 Å². The number of halogens is 1. The van der Waals surface area contributed by atoms with Gasteiger partial charge >= 0.3 is 0 Å². The number of fused-ring (bicyclic) bond motifs is 1. The summed E-state index contributed by atoms with van der Waals surface area (Å²) in [5.41, 5.74) is 2.87. The lowest BCUT2D eigenvalue weighted by molar-refractivity contribution is 0.0759. The van der Waals surface area contributed by atoms with Crippen LogP contribution in [0.2, 0.25) is 0 Å². The number of nitrogens with zero attached hydrogens (tertiary/aromatic N) is 3. The van der Waals surface area contributed by atoms with E-state index >= 15 is 0 Å². The summed E-state index contributed by atoms with van der Waals surface area (Å²) in [5, 5.41) is 0.0808. The minimum atomic E-state index is -0.164. The molecule has 3 aromatic rings. The molecule has 1 saturated heterocycles. The van der Waals surface area contributed by atoms with Crippen LogP contribution >= 0.6 is 11.8 Å². The Kier molecular flexibility index (Phi) is 4.68. The average Bonchev–Trinajstić information content (AvgIpc) is 2.81. The summed E-state index contributed by atoms with van der Waals surface area (Å²) in [6.45, 7) is 3.15. The van der Waals surface area contributed by atoms with Crippen molar-refractivity contribution in [2.24, 2.45) is 0 Å². The Morgan fingerprint density at radius 1 is 1.19 bits per heavy atom. The highest BCUT2D eigenvalue weighted by Crippen LogP contribution is 2.36. The van der Waals surface area contributed by atoms with Crippen molar-refractivity contribution in [3.8, 4) is 0 Å². The molecule has 3 heterocycles. The Hall–Kier alpha value is -2.34. The maximum absolute atomic E-state index is 14.1. The van der Waals surface area contributed by atoms with Crippen molar-refractivity contribution in [1.82, 2.24) is 14.3 Å². The smallest absolute Gasteiger partial charge is 0.272 e. The van der Waals surface area contributed by atoms with E-state index in [1.807, 2.05) is 52.8 Å². The maximum atomic E-state index is 14.1. The lowest BCUT2D eigenvalue weighted by atomic mass is 10.1. The highest BCUT2D eigenvalue weighted by atomic mass is 32.2. The number of carbonyl (C=O) groups excluding carboxylic acids is 1. The van der Waals surface area contributed by atoms with Crippen LogP contribution in [0.15, 0.2) is 48.7 Å². The summed E-state index contributed by atoms with van der Waals surface area (Å²) in [5.74, 6) is 0.624. The van der Waals surface area contributed by atoms with E-state index in [9.17, 15) is 9.18 Å². The normalized spacial score (nSPS) is 18.1. The van der Waals surface area contributed by atoms with Gasteiger partial charge in [0.05, 0.1) is 5.69 Å². The van der Waals surface area contributed by atoms with Gasteiger partial charge in [-0.1, -0.05) is 24.3 Å². The number of amides is 1. The second-order valence-corrected chi connectivity index (χ2v) is 7.75. The summed E-state index contributed by atoms with van der Waals surface area (Å²) >= 11 is 1.72. The van der Waals surface area contributed by atoms with Crippen molar-refractivity contribution in [2.75, 3.05) is 18.8 Å². The molecule has 1 aliphatic heterocycles. The van der Waals surface area contributed by atoms with Crippen LogP contribution in [-0.4, -0.2) is 39.0 Å². The van der Waals surface area contributed by atoms with Gasteiger partial charge in [0.1, 0.15) is 17.2 Å². The predicted octanol–water partition coefficient (Wildman–Crippen LogP) is 4.10. The number of benzene rings is 1. The highest BCUT2D eigenvalue weighted by molar-refractivity contribution is 7.99. The van der Waals surface area contributed by atoms with E-state index in [-0.39, 0.29) is 17.0 Å². The fourth-order valence-corrected chi connectivity index (χ4v) is 4.73. The van der Waals surface area contributed by atoms with E-state index in [0.717, 1.165) is 29.1 Å². The Balaban J connectivity index is 1.56. The standard InChI is InChI=1S/C20H20FN3OS/c1-14-19(24-10-5-4-8-18(24)22-14)20(25)23-11-9-17(26-13-12-23)15-6-2-3-7-16(15)21/h2-8,10,17H,9,11-13H2,1H3.